The molecule has 214 valence electrons. The third-order valence-electron chi connectivity index (χ3n) is 7.37. The van der Waals surface area contributed by atoms with Crippen molar-refractivity contribution in [1.29, 1.82) is 0 Å². The van der Waals surface area contributed by atoms with Crippen LogP contribution in [0.5, 0.6) is 0 Å². The van der Waals surface area contributed by atoms with Crippen molar-refractivity contribution in [2.75, 3.05) is 32.8 Å². The zero-order chi connectivity index (χ0) is 28.8. The molecule has 1 aromatic heterocycles. The lowest BCUT2D eigenvalue weighted by Gasteiger charge is -2.41. The maximum absolute atomic E-state index is 13.1. The number of nitrogens with zero attached hydrogens (tertiary/aromatic N) is 3. The molecule has 3 N–H and O–H groups in total. The summed E-state index contributed by atoms with van der Waals surface area (Å²) in [5, 5.41) is 21.7. The third kappa shape index (κ3) is 7.45. The van der Waals surface area contributed by atoms with Crippen LogP contribution in [0.3, 0.4) is 0 Å². The van der Waals surface area contributed by atoms with Crippen LogP contribution in [0, 0.1) is 0 Å². The van der Waals surface area contributed by atoms with Gasteiger partial charge in [0, 0.05) is 64.1 Å². The van der Waals surface area contributed by atoms with E-state index in [0.717, 1.165) is 48.8 Å². The lowest BCUT2D eigenvalue weighted by atomic mass is 9.93. The number of aliphatic hydroxyl groups is 2. The van der Waals surface area contributed by atoms with Gasteiger partial charge in [0.25, 0.3) is 0 Å². The molecule has 2 heterocycles. The monoisotopic (exact) mass is 556 g/mol. The molecule has 0 saturated carbocycles. The number of benzene rings is 2. The average molecular weight is 557 g/mol. The van der Waals surface area contributed by atoms with Crippen LogP contribution in [0.1, 0.15) is 30.0 Å². The summed E-state index contributed by atoms with van der Waals surface area (Å²) in [5.74, 6) is -0.0901. The summed E-state index contributed by atoms with van der Waals surface area (Å²) in [6.45, 7) is 4.65. The lowest BCUT2D eigenvalue weighted by Crippen LogP contribution is -2.53. The van der Waals surface area contributed by atoms with Crippen LogP contribution in [0.2, 0.25) is 0 Å². The zero-order valence-corrected chi connectivity index (χ0v) is 22.4. The fraction of sp³-hybridized carbons (Fsp3) is 0.400. The first-order valence-electron chi connectivity index (χ1n) is 13.3. The van der Waals surface area contributed by atoms with Gasteiger partial charge in [0.05, 0.1) is 6.61 Å². The van der Waals surface area contributed by atoms with E-state index < -0.39 is 11.8 Å². The molecule has 1 aliphatic rings. The second kappa shape index (κ2) is 12.9. The van der Waals surface area contributed by atoms with Crippen LogP contribution in [0.15, 0.2) is 73.1 Å². The predicted octanol–water partition coefficient (Wildman–Crippen LogP) is 3.70. The van der Waals surface area contributed by atoms with E-state index in [-0.39, 0.29) is 30.7 Å². The number of hydrogen-bond acceptors (Lipinski definition) is 6. The summed E-state index contributed by atoms with van der Waals surface area (Å²) >= 11 is 0. The normalized spacial score (nSPS) is 18.3. The molecule has 40 heavy (non-hydrogen) atoms. The van der Waals surface area contributed by atoms with Crippen LogP contribution in [-0.4, -0.2) is 75.9 Å². The Morgan fingerprint density at radius 3 is 2.15 bits per heavy atom. The number of alkyl halides is 3. The largest absolute Gasteiger partial charge is 0.421 e. The summed E-state index contributed by atoms with van der Waals surface area (Å²) in [6.07, 6.45) is -0.905. The second-order valence-corrected chi connectivity index (χ2v) is 10.3. The molecular weight excluding hydrogens is 521 g/mol. The standard InChI is InChI=1S/C30H35F3N4O3/c1-29(40,30(31,32)33)26-8-6-25(7-9-26)24-4-2-22(3-5-24)19-36-15-16-37(20-23-10-12-34-13-11-23)27(21-36)18-28(39)35-14-17-38/h2-13,27,38,40H,14-21H2,1H3,(H,35,39). The SMILES string of the molecule is CC(O)(c1ccc(-c2ccc(CN3CCN(Cc4ccncc4)C(CC(=O)NCCO)C3)cc2)cc1)C(F)(F)F. The molecule has 2 atom stereocenters. The highest BCUT2D eigenvalue weighted by Crippen LogP contribution is 2.39. The first kappa shape index (κ1) is 29.7. The van der Waals surface area contributed by atoms with Gasteiger partial charge in [-0.3, -0.25) is 19.6 Å². The number of halogens is 3. The smallest absolute Gasteiger partial charge is 0.395 e. The van der Waals surface area contributed by atoms with Crippen molar-refractivity contribution in [2.24, 2.45) is 0 Å². The molecule has 0 spiro atoms. The van der Waals surface area contributed by atoms with Gasteiger partial charge < -0.3 is 15.5 Å². The molecule has 1 saturated heterocycles. The Morgan fingerprint density at radius 2 is 1.55 bits per heavy atom. The van der Waals surface area contributed by atoms with Gasteiger partial charge in [0.15, 0.2) is 5.60 Å². The van der Waals surface area contributed by atoms with Crippen molar-refractivity contribution >= 4 is 5.91 Å². The molecule has 0 aliphatic carbocycles. The van der Waals surface area contributed by atoms with E-state index in [1.54, 1.807) is 24.5 Å². The molecule has 2 unspecified atom stereocenters. The number of aliphatic hydroxyl groups excluding tert-OH is 1. The number of rotatable bonds is 10. The molecule has 0 radical (unpaired) electrons. The molecule has 2 aromatic carbocycles. The molecule has 1 amide bonds. The highest BCUT2D eigenvalue weighted by Gasteiger charge is 2.51. The molecule has 10 heteroatoms. The number of nitrogens with one attached hydrogen (secondary N) is 1. The van der Waals surface area contributed by atoms with Crippen LogP contribution >= 0.6 is 0 Å². The number of piperazine rings is 1. The maximum atomic E-state index is 13.1. The molecule has 1 aliphatic heterocycles. The Hall–Kier alpha value is -3.31. The van der Waals surface area contributed by atoms with Gasteiger partial charge in [-0.2, -0.15) is 13.2 Å². The Balaban J connectivity index is 1.40. The van der Waals surface area contributed by atoms with E-state index in [1.807, 2.05) is 36.4 Å². The summed E-state index contributed by atoms with van der Waals surface area (Å²) < 4.78 is 39.4. The zero-order valence-electron chi connectivity index (χ0n) is 22.4. The van der Waals surface area contributed by atoms with Gasteiger partial charge in [0.2, 0.25) is 5.91 Å². The van der Waals surface area contributed by atoms with Crippen molar-refractivity contribution in [3.05, 3.63) is 89.7 Å². The quantitative estimate of drug-likeness (QED) is 0.353. The van der Waals surface area contributed by atoms with E-state index in [0.29, 0.717) is 19.5 Å². The van der Waals surface area contributed by atoms with Gasteiger partial charge in [0.1, 0.15) is 0 Å². The number of amides is 1. The van der Waals surface area contributed by atoms with E-state index in [1.165, 1.54) is 12.1 Å². The van der Waals surface area contributed by atoms with Gasteiger partial charge in [-0.15, -0.1) is 0 Å². The van der Waals surface area contributed by atoms with Crippen LogP contribution in [0.25, 0.3) is 11.1 Å². The van der Waals surface area contributed by atoms with Gasteiger partial charge in [-0.1, -0.05) is 48.5 Å². The number of pyridine rings is 1. The van der Waals surface area contributed by atoms with Crippen molar-refractivity contribution in [2.45, 2.75) is 44.3 Å². The fourth-order valence-corrected chi connectivity index (χ4v) is 4.92. The van der Waals surface area contributed by atoms with Crippen LogP contribution < -0.4 is 5.32 Å². The molecule has 3 aromatic rings. The van der Waals surface area contributed by atoms with E-state index >= 15 is 0 Å². The molecule has 4 rings (SSSR count). The number of hydrogen-bond donors (Lipinski definition) is 3. The summed E-state index contributed by atoms with van der Waals surface area (Å²) in [5.41, 5.74) is 0.730. The van der Waals surface area contributed by atoms with Crippen molar-refractivity contribution < 1.29 is 28.2 Å². The van der Waals surface area contributed by atoms with Crippen molar-refractivity contribution in [3.8, 4) is 11.1 Å². The maximum Gasteiger partial charge on any atom is 0.421 e. The van der Waals surface area contributed by atoms with Crippen molar-refractivity contribution in [1.82, 2.24) is 20.1 Å². The molecule has 1 fully saturated rings. The Kier molecular flexibility index (Phi) is 9.57. The minimum absolute atomic E-state index is 0.00676. The minimum atomic E-state index is -4.76. The van der Waals surface area contributed by atoms with Gasteiger partial charge in [-0.25, -0.2) is 0 Å². The second-order valence-electron chi connectivity index (χ2n) is 10.3. The topological polar surface area (TPSA) is 88.9 Å². The average Bonchev–Trinajstić information content (AvgIpc) is 2.94. The van der Waals surface area contributed by atoms with Crippen molar-refractivity contribution in [3.63, 3.8) is 0 Å². The lowest BCUT2D eigenvalue weighted by molar-refractivity contribution is -0.258. The van der Waals surface area contributed by atoms with Gasteiger partial charge in [-0.05, 0) is 46.9 Å². The Bertz CT molecular complexity index is 1240. The number of aromatic nitrogens is 1. The number of carbonyl (C=O) groups is 1. The highest BCUT2D eigenvalue weighted by molar-refractivity contribution is 5.76. The summed E-state index contributed by atoms with van der Waals surface area (Å²) in [4.78, 5) is 21.2. The van der Waals surface area contributed by atoms with E-state index in [9.17, 15) is 23.1 Å². The molecule has 0 bridgehead atoms. The van der Waals surface area contributed by atoms with E-state index in [4.69, 9.17) is 5.11 Å². The van der Waals surface area contributed by atoms with E-state index in [2.05, 4.69) is 20.1 Å². The number of carbonyl (C=O) groups excluding carboxylic acids is 1. The first-order chi connectivity index (χ1) is 19.1. The summed E-state index contributed by atoms with van der Waals surface area (Å²) in [6, 6.07) is 17.6. The van der Waals surface area contributed by atoms with Crippen LogP contribution in [0.4, 0.5) is 13.2 Å². The Labute approximate surface area is 232 Å². The first-order valence-corrected chi connectivity index (χ1v) is 13.3. The van der Waals surface area contributed by atoms with Gasteiger partial charge >= 0.3 is 6.18 Å². The third-order valence-corrected chi connectivity index (χ3v) is 7.37. The Morgan fingerprint density at radius 1 is 0.950 bits per heavy atom. The summed E-state index contributed by atoms with van der Waals surface area (Å²) in [7, 11) is 0. The minimum Gasteiger partial charge on any atom is -0.395 e. The predicted molar refractivity (Wildman–Crippen MR) is 146 cm³/mol. The fourth-order valence-electron chi connectivity index (χ4n) is 4.92. The van der Waals surface area contributed by atoms with Crippen LogP contribution in [-0.2, 0) is 23.5 Å². The highest BCUT2D eigenvalue weighted by atomic mass is 19.4. The molecule has 7 nitrogen and oxygen atoms in total. The molecular formula is C30H35F3N4O3.